The van der Waals surface area contributed by atoms with Gasteiger partial charge in [-0.1, -0.05) is 23.9 Å². The van der Waals surface area contributed by atoms with Crippen molar-refractivity contribution in [2.75, 3.05) is 0 Å². The van der Waals surface area contributed by atoms with E-state index in [1.54, 1.807) is 29.8 Å². The van der Waals surface area contributed by atoms with Gasteiger partial charge in [0.1, 0.15) is 5.82 Å². The first-order chi connectivity index (χ1) is 10.6. The highest BCUT2D eigenvalue weighted by molar-refractivity contribution is 8.00. The Kier molecular flexibility index (Phi) is 4.15. The van der Waals surface area contributed by atoms with E-state index >= 15 is 0 Å². The van der Waals surface area contributed by atoms with Crippen molar-refractivity contribution in [3.63, 3.8) is 0 Å². The van der Waals surface area contributed by atoms with Crippen LogP contribution in [0.2, 0.25) is 0 Å². The van der Waals surface area contributed by atoms with Crippen LogP contribution in [0, 0.1) is 5.82 Å². The molecule has 1 N–H and O–H groups in total. The summed E-state index contributed by atoms with van der Waals surface area (Å²) in [5.74, 6) is 0.118. The summed E-state index contributed by atoms with van der Waals surface area (Å²) in [6.45, 7) is 1.83. The third-order valence-corrected chi connectivity index (χ3v) is 4.66. The number of nitrogens with zero attached hydrogens (tertiary/aromatic N) is 3. The highest BCUT2D eigenvalue weighted by Crippen LogP contribution is 2.27. The molecule has 5 nitrogen and oxygen atoms in total. The van der Waals surface area contributed by atoms with Crippen LogP contribution in [0.1, 0.15) is 19.8 Å². The first-order valence-electron chi connectivity index (χ1n) is 7.17. The smallest absolute Gasteiger partial charge is 0.233 e. The Morgan fingerprint density at radius 2 is 2.14 bits per heavy atom. The van der Waals surface area contributed by atoms with Gasteiger partial charge in [0.2, 0.25) is 5.91 Å². The molecule has 22 heavy (non-hydrogen) atoms. The second-order valence-electron chi connectivity index (χ2n) is 5.39. The summed E-state index contributed by atoms with van der Waals surface area (Å²) in [5.41, 5.74) is 0.402. The molecule has 7 heteroatoms. The van der Waals surface area contributed by atoms with Crippen LogP contribution in [0.3, 0.4) is 0 Å². The molecule has 1 atom stereocenters. The number of aromatic nitrogens is 3. The van der Waals surface area contributed by atoms with E-state index in [2.05, 4.69) is 15.5 Å². The molecule has 1 heterocycles. The lowest BCUT2D eigenvalue weighted by Gasteiger charge is -2.11. The maximum atomic E-state index is 13.9. The van der Waals surface area contributed by atoms with Crippen molar-refractivity contribution in [2.24, 2.45) is 7.05 Å². The first-order valence-corrected chi connectivity index (χ1v) is 8.05. The van der Waals surface area contributed by atoms with Gasteiger partial charge >= 0.3 is 0 Å². The topological polar surface area (TPSA) is 59.8 Å². The molecule has 1 aromatic heterocycles. The number of halogens is 1. The molecular formula is C15H17FN4OS. The summed E-state index contributed by atoms with van der Waals surface area (Å²) in [7, 11) is 1.77. The fraction of sp³-hybridized carbons (Fsp3) is 0.400. The van der Waals surface area contributed by atoms with Crippen molar-refractivity contribution < 1.29 is 9.18 Å². The molecule has 0 spiro atoms. The zero-order valence-corrected chi connectivity index (χ0v) is 13.2. The maximum absolute atomic E-state index is 13.9. The van der Waals surface area contributed by atoms with Gasteiger partial charge in [-0.05, 0) is 31.9 Å². The Hall–Kier alpha value is -1.89. The lowest BCUT2D eigenvalue weighted by Crippen LogP contribution is -2.32. The molecular weight excluding hydrogens is 303 g/mol. The molecule has 1 fully saturated rings. The predicted octanol–water partition coefficient (Wildman–Crippen LogP) is 2.38. The summed E-state index contributed by atoms with van der Waals surface area (Å²) >= 11 is 1.32. The molecule has 1 amide bonds. The van der Waals surface area contributed by atoms with Gasteiger partial charge in [-0.25, -0.2) is 4.39 Å². The predicted molar refractivity (Wildman–Crippen MR) is 82.9 cm³/mol. The van der Waals surface area contributed by atoms with E-state index in [0.29, 0.717) is 22.6 Å². The van der Waals surface area contributed by atoms with E-state index in [0.717, 1.165) is 12.8 Å². The Bertz CT molecular complexity index is 699. The second kappa shape index (κ2) is 6.08. The van der Waals surface area contributed by atoms with E-state index < -0.39 is 0 Å². The van der Waals surface area contributed by atoms with E-state index in [-0.39, 0.29) is 17.0 Å². The summed E-state index contributed by atoms with van der Waals surface area (Å²) in [4.78, 5) is 12.0. The van der Waals surface area contributed by atoms with Gasteiger partial charge in [0, 0.05) is 13.1 Å². The lowest BCUT2D eigenvalue weighted by molar-refractivity contribution is -0.120. The quantitative estimate of drug-likeness (QED) is 0.859. The average molecular weight is 320 g/mol. The van der Waals surface area contributed by atoms with Crippen molar-refractivity contribution in [3.8, 4) is 11.4 Å². The molecule has 1 saturated carbocycles. The van der Waals surface area contributed by atoms with Crippen LogP contribution in [-0.2, 0) is 11.8 Å². The van der Waals surface area contributed by atoms with Crippen molar-refractivity contribution >= 4 is 17.7 Å². The molecule has 0 bridgehead atoms. The fourth-order valence-electron chi connectivity index (χ4n) is 2.05. The van der Waals surface area contributed by atoms with E-state index in [4.69, 9.17) is 0 Å². The minimum atomic E-state index is -0.339. The van der Waals surface area contributed by atoms with Crippen molar-refractivity contribution in [1.29, 1.82) is 0 Å². The second-order valence-corrected chi connectivity index (χ2v) is 6.70. The highest BCUT2D eigenvalue weighted by atomic mass is 32.2. The van der Waals surface area contributed by atoms with Crippen LogP contribution in [0.4, 0.5) is 4.39 Å². The number of rotatable bonds is 5. The van der Waals surface area contributed by atoms with Gasteiger partial charge in [-0.15, -0.1) is 10.2 Å². The first kappa shape index (κ1) is 15.0. The number of carbonyl (C=O) groups excluding carboxylic acids is 1. The van der Waals surface area contributed by atoms with E-state index in [9.17, 15) is 9.18 Å². The molecule has 0 saturated heterocycles. The van der Waals surface area contributed by atoms with Gasteiger partial charge in [-0.3, -0.25) is 4.79 Å². The Labute approximate surface area is 132 Å². The zero-order valence-electron chi connectivity index (χ0n) is 12.4. The third-order valence-electron chi connectivity index (χ3n) is 3.52. The van der Waals surface area contributed by atoms with E-state index in [1.807, 2.05) is 6.92 Å². The van der Waals surface area contributed by atoms with Crippen LogP contribution in [0.15, 0.2) is 29.4 Å². The van der Waals surface area contributed by atoms with Gasteiger partial charge in [-0.2, -0.15) is 0 Å². The standard InChI is InChI=1S/C15H17FN4OS/c1-9(14(21)17-10-7-8-10)22-15-19-18-13(20(15)2)11-5-3-4-6-12(11)16/h3-6,9-10H,7-8H2,1-2H3,(H,17,21). The van der Waals surface area contributed by atoms with Gasteiger partial charge in [0.15, 0.2) is 11.0 Å². The molecule has 1 aliphatic rings. The van der Waals surface area contributed by atoms with Crippen molar-refractivity contribution in [1.82, 2.24) is 20.1 Å². The lowest BCUT2D eigenvalue weighted by atomic mass is 10.2. The fourth-order valence-corrected chi connectivity index (χ4v) is 2.88. The normalized spacial score (nSPS) is 15.6. The summed E-state index contributed by atoms with van der Waals surface area (Å²) in [6.07, 6.45) is 2.12. The number of amides is 1. The molecule has 1 aliphatic carbocycles. The van der Waals surface area contributed by atoms with Gasteiger partial charge in [0.05, 0.1) is 10.8 Å². The zero-order chi connectivity index (χ0) is 15.7. The Morgan fingerprint density at radius 3 is 2.82 bits per heavy atom. The molecule has 0 radical (unpaired) electrons. The highest BCUT2D eigenvalue weighted by Gasteiger charge is 2.27. The minimum absolute atomic E-state index is 0.00272. The molecule has 3 rings (SSSR count). The van der Waals surface area contributed by atoms with Crippen LogP contribution in [0.25, 0.3) is 11.4 Å². The number of nitrogens with one attached hydrogen (secondary N) is 1. The van der Waals surface area contributed by atoms with Crippen LogP contribution in [0.5, 0.6) is 0 Å². The Morgan fingerprint density at radius 1 is 1.41 bits per heavy atom. The molecule has 116 valence electrons. The number of benzene rings is 1. The van der Waals surface area contributed by atoms with Crippen LogP contribution < -0.4 is 5.32 Å². The van der Waals surface area contributed by atoms with Crippen LogP contribution >= 0.6 is 11.8 Å². The average Bonchev–Trinajstić information content (AvgIpc) is 3.24. The van der Waals surface area contributed by atoms with Crippen molar-refractivity contribution in [2.45, 2.75) is 36.2 Å². The number of hydrogen-bond donors (Lipinski definition) is 1. The van der Waals surface area contributed by atoms with E-state index in [1.165, 1.54) is 17.8 Å². The number of carbonyl (C=O) groups is 1. The largest absolute Gasteiger partial charge is 0.352 e. The number of thioether (sulfide) groups is 1. The molecule has 1 aromatic carbocycles. The number of hydrogen-bond acceptors (Lipinski definition) is 4. The van der Waals surface area contributed by atoms with Crippen molar-refractivity contribution in [3.05, 3.63) is 30.1 Å². The minimum Gasteiger partial charge on any atom is -0.352 e. The Balaban J connectivity index is 1.75. The molecule has 0 aliphatic heterocycles. The van der Waals surface area contributed by atoms with Gasteiger partial charge in [0.25, 0.3) is 0 Å². The summed E-state index contributed by atoms with van der Waals surface area (Å²) in [6, 6.07) is 6.78. The molecule has 2 aromatic rings. The van der Waals surface area contributed by atoms with Crippen LogP contribution in [-0.4, -0.2) is 32.0 Å². The maximum Gasteiger partial charge on any atom is 0.233 e. The third kappa shape index (κ3) is 3.14. The summed E-state index contributed by atoms with van der Waals surface area (Å²) in [5, 5.41) is 11.4. The summed E-state index contributed by atoms with van der Waals surface area (Å²) < 4.78 is 15.6. The SMILES string of the molecule is CC(Sc1nnc(-c2ccccc2F)n1C)C(=O)NC1CC1. The van der Waals surface area contributed by atoms with Gasteiger partial charge < -0.3 is 9.88 Å². The monoisotopic (exact) mass is 320 g/mol. The molecule has 1 unspecified atom stereocenters.